The van der Waals surface area contributed by atoms with E-state index < -0.39 is 0 Å². The highest BCUT2D eigenvalue weighted by Gasteiger charge is 2.14. The Hall–Kier alpha value is 0.100. The summed E-state index contributed by atoms with van der Waals surface area (Å²) in [6.45, 7) is 2.11. The van der Waals surface area contributed by atoms with Crippen LogP contribution in [0.2, 0.25) is 0 Å². The van der Waals surface area contributed by atoms with Crippen LogP contribution in [0.1, 0.15) is 30.7 Å². The molecule has 0 radical (unpaired) electrons. The summed E-state index contributed by atoms with van der Waals surface area (Å²) in [5.74, 6) is 0. The Morgan fingerprint density at radius 3 is 2.73 bits per heavy atom. The van der Waals surface area contributed by atoms with Gasteiger partial charge in [0.2, 0.25) is 0 Å². The highest BCUT2D eigenvalue weighted by atomic mass is 79.9. The zero-order valence-electron chi connectivity index (χ0n) is 9.42. The van der Waals surface area contributed by atoms with Gasteiger partial charge in [0.1, 0.15) is 0 Å². The standard InChI is InChI=1S/C11H18BrNOS/c1-8(14-3)4-5-10(13-2)11-9(12)6-7-15-11/h6-8,10,13H,4-5H2,1-3H3. The second-order valence-electron chi connectivity index (χ2n) is 3.60. The maximum Gasteiger partial charge on any atom is 0.0543 e. The lowest BCUT2D eigenvalue weighted by Gasteiger charge is -2.17. The molecule has 0 saturated heterocycles. The Balaban J connectivity index is 2.53. The summed E-state index contributed by atoms with van der Waals surface area (Å²) in [5, 5.41) is 5.46. The van der Waals surface area contributed by atoms with E-state index in [-0.39, 0.29) is 0 Å². The van der Waals surface area contributed by atoms with E-state index in [1.165, 1.54) is 9.35 Å². The van der Waals surface area contributed by atoms with Gasteiger partial charge in [-0.2, -0.15) is 0 Å². The summed E-state index contributed by atoms with van der Waals surface area (Å²) in [7, 11) is 3.77. The van der Waals surface area contributed by atoms with E-state index in [0.29, 0.717) is 12.1 Å². The van der Waals surface area contributed by atoms with Gasteiger partial charge in [0.15, 0.2) is 0 Å². The van der Waals surface area contributed by atoms with Gasteiger partial charge in [0.05, 0.1) is 6.10 Å². The third-order valence-corrected chi connectivity index (χ3v) is 4.56. The van der Waals surface area contributed by atoms with Crippen LogP contribution in [0.15, 0.2) is 15.9 Å². The van der Waals surface area contributed by atoms with Crippen molar-refractivity contribution < 1.29 is 4.74 Å². The largest absolute Gasteiger partial charge is 0.382 e. The summed E-state index contributed by atoms with van der Waals surface area (Å²) in [6, 6.07) is 2.53. The fourth-order valence-corrected chi connectivity index (χ4v) is 3.27. The quantitative estimate of drug-likeness (QED) is 0.865. The molecule has 86 valence electrons. The molecule has 4 heteroatoms. The van der Waals surface area contributed by atoms with Crippen molar-refractivity contribution in [2.24, 2.45) is 0 Å². The molecule has 0 aliphatic rings. The van der Waals surface area contributed by atoms with E-state index in [4.69, 9.17) is 4.74 Å². The van der Waals surface area contributed by atoms with E-state index in [2.05, 4.69) is 39.6 Å². The molecule has 2 nitrogen and oxygen atoms in total. The van der Waals surface area contributed by atoms with E-state index in [1.807, 2.05) is 7.05 Å². The first-order valence-electron chi connectivity index (χ1n) is 5.12. The van der Waals surface area contributed by atoms with Gasteiger partial charge in [-0.25, -0.2) is 0 Å². The molecule has 0 amide bonds. The molecule has 1 heterocycles. The van der Waals surface area contributed by atoms with Crippen molar-refractivity contribution in [1.29, 1.82) is 0 Å². The lowest BCUT2D eigenvalue weighted by atomic mass is 10.1. The summed E-state index contributed by atoms with van der Waals surface area (Å²) in [6.07, 6.45) is 2.51. The van der Waals surface area contributed by atoms with Crippen molar-refractivity contribution in [3.05, 3.63) is 20.8 Å². The fourth-order valence-electron chi connectivity index (χ4n) is 1.48. The van der Waals surface area contributed by atoms with Crippen LogP contribution >= 0.6 is 27.3 Å². The molecule has 1 N–H and O–H groups in total. The fraction of sp³-hybridized carbons (Fsp3) is 0.636. The Bertz CT molecular complexity index is 290. The molecule has 1 aromatic heterocycles. The molecule has 0 spiro atoms. The number of halogens is 1. The van der Waals surface area contributed by atoms with Gasteiger partial charge in [0, 0.05) is 22.5 Å². The number of hydrogen-bond donors (Lipinski definition) is 1. The lowest BCUT2D eigenvalue weighted by molar-refractivity contribution is 0.106. The Labute approximate surface area is 104 Å². The van der Waals surface area contributed by atoms with Gasteiger partial charge >= 0.3 is 0 Å². The average Bonchev–Trinajstić information content (AvgIpc) is 2.65. The second-order valence-corrected chi connectivity index (χ2v) is 5.40. The third-order valence-electron chi connectivity index (χ3n) is 2.57. The molecule has 0 aliphatic heterocycles. The van der Waals surface area contributed by atoms with Gasteiger partial charge in [-0.15, -0.1) is 11.3 Å². The SMILES string of the molecule is CNC(CCC(C)OC)c1sccc1Br. The molecule has 1 rings (SSSR count). The number of methoxy groups -OCH3 is 1. The molecule has 1 aromatic rings. The predicted molar refractivity (Wildman–Crippen MR) is 69.5 cm³/mol. The van der Waals surface area contributed by atoms with Crippen LogP contribution in [-0.4, -0.2) is 20.3 Å². The molecule has 2 atom stereocenters. The Kier molecular flexibility index (Phi) is 5.82. The summed E-state index contributed by atoms with van der Waals surface area (Å²) in [5.41, 5.74) is 0. The molecule has 2 unspecified atom stereocenters. The second kappa shape index (κ2) is 6.63. The van der Waals surface area contributed by atoms with Gasteiger partial charge in [-0.05, 0) is 54.2 Å². The maximum absolute atomic E-state index is 5.26. The van der Waals surface area contributed by atoms with Gasteiger partial charge < -0.3 is 10.1 Å². The van der Waals surface area contributed by atoms with Crippen LogP contribution in [0, 0.1) is 0 Å². The summed E-state index contributed by atoms with van der Waals surface area (Å²) in [4.78, 5) is 1.38. The Morgan fingerprint density at radius 1 is 1.53 bits per heavy atom. The summed E-state index contributed by atoms with van der Waals surface area (Å²) < 4.78 is 6.46. The van der Waals surface area contributed by atoms with Crippen LogP contribution in [0.3, 0.4) is 0 Å². The molecule has 15 heavy (non-hydrogen) atoms. The van der Waals surface area contributed by atoms with Crippen LogP contribution < -0.4 is 5.32 Å². The smallest absolute Gasteiger partial charge is 0.0543 e. The third kappa shape index (κ3) is 3.87. The minimum absolute atomic E-state index is 0.333. The van der Waals surface area contributed by atoms with E-state index in [1.54, 1.807) is 18.4 Å². The number of nitrogens with one attached hydrogen (secondary N) is 1. The van der Waals surface area contributed by atoms with Gasteiger partial charge in [-0.1, -0.05) is 0 Å². The number of thiophene rings is 1. The topological polar surface area (TPSA) is 21.3 Å². The van der Waals surface area contributed by atoms with Crippen LogP contribution in [0.5, 0.6) is 0 Å². The molecular formula is C11H18BrNOS. The first kappa shape index (κ1) is 13.2. The van der Waals surface area contributed by atoms with Crippen molar-refractivity contribution in [2.75, 3.05) is 14.2 Å². The number of rotatable bonds is 6. The van der Waals surface area contributed by atoms with Crippen molar-refractivity contribution in [1.82, 2.24) is 5.32 Å². The van der Waals surface area contributed by atoms with E-state index in [0.717, 1.165) is 12.8 Å². The molecule has 0 aliphatic carbocycles. The van der Waals surface area contributed by atoms with Crippen molar-refractivity contribution >= 4 is 27.3 Å². The molecule has 0 aromatic carbocycles. The monoisotopic (exact) mass is 291 g/mol. The zero-order chi connectivity index (χ0) is 11.3. The minimum Gasteiger partial charge on any atom is -0.382 e. The highest BCUT2D eigenvalue weighted by Crippen LogP contribution is 2.31. The van der Waals surface area contributed by atoms with Gasteiger partial charge in [-0.3, -0.25) is 0 Å². The van der Waals surface area contributed by atoms with Crippen LogP contribution in [-0.2, 0) is 4.74 Å². The van der Waals surface area contributed by atoms with Crippen molar-refractivity contribution in [2.45, 2.75) is 31.9 Å². The number of ether oxygens (including phenoxy) is 1. The summed E-state index contributed by atoms with van der Waals surface area (Å²) >= 11 is 5.36. The first-order valence-corrected chi connectivity index (χ1v) is 6.79. The highest BCUT2D eigenvalue weighted by molar-refractivity contribution is 9.10. The van der Waals surface area contributed by atoms with E-state index >= 15 is 0 Å². The predicted octanol–water partition coefficient (Wildman–Crippen LogP) is 3.59. The van der Waals surface area contributed by atoms with E-state index in [9.17, 15) is 0 Å². The first-order chi connectivity index (χ1) is 7.19. The van der Waals surface area contributed by atoms with Crippen LogP contribution in [0.25, 0.3) is 0 Å². The molecule has 0 fully saturated rings. The molecule has 0 saturated carbocycles. The van der Waals surface area contributed by atoms with Crippen LogP contribution in [0.4, 0.5) is 0 Å². The molecule has 0 bridgehead atoms. The lowest BCUT2D eigenvalue weighted by Crippen LogP contribution is -2.18. The van der Waals surface area contributed by atoms with Crippen molar-refractivity contribution in [3.8, 4) is 0 Å². The number of hydrogen-bond acceptors (Lipinski definition) is 3. The average molecular weight is 292 g/mol. The van der Waals surface area contributed by atoms with Gasteiger partial charge in [0.25, 0.3) is 0 Å². The molecular weight excluding hydrogens is 274 g/mol. The van der Waals surface area contributed by atoms with Crippen molar-refractivity contribution in [3.63, 3.8) is 0 Å². The Morgan fingerprint density at radius 2 is 2.27 bits per heavy atom. The minimum atomic E-state index is 0.333. The normalized spacial score (nSPS) is 15.2. The zero-order valence-corrected chi connectivity index (χ0v) is 11.8. The maximum atomic E-state index is 5.26.